The SMILES string of the molecule is COc1ccc2cc3n(c2c1)C[C@@](C(=O)NC1CCCCCC1)(c1ccccc1)N(Cc1cccc(Cl)c1)C3=O. The van der Waals surface area contributed by atoms with Gasteiger partial charge in [0.2, 0.25) is 0 Å². The summed E-state index contributed by atoms with van der Waals surface area (Å²) in [5, 5.41) is 4.94. The fraction of sp³-hybridized carbons (Fsp3) is 0.333. The van der Waals surface area contributed by atoms with E-state index in [1.165, 1.54) is 12.8 Å². The fourth-order valence-electron chi connectivity index (χ4n) is 6.37. The van der Waals surface area contributed by atoms with E-state index in [4.69, 9.17) is 16.3 Å². The van der Waals surface area contributed by atoms with Gasteiger partial charge in [0.05, 0.1) is 19.2 Å². The molecule has 6 nitrogen and oxygen atoms in total. The number of carbonyl (C=O) groups excluding carboxylic acids is 2. The van der Waals surface area contributed by atoms with Crippen LogP contribution in [0, 0.1) is 0 Å². The number of hydrogen-bond acceptors (Lipinski definition) is 3. The molecule has 2 heterocycles. The molecule has 2 aliphatic rings. The topological polar surface area (TPSA) is 63.6 Å². The van der Waals surface area contributed by atoms with Gasteiger partial charge in [-0.3, -0.25) is 9.59 Å². The van der Waals surface area contributed by atoms with Gasteiger partial charge in [0.15, 0.2) is 5.54 Å². The number of amides is 2. The van der Waals surface area contributed by atoms with Crippen molar-refractivity contribution in [1.82, 2.24) is 14.8 Å². The summed E-state index contributed by atoms with van der Waals surface area (Å²) in [4.78, 5) is 31.0. The Labute approximate surface area is 239 Å². The molecular formula is C33H34ClN3O3. The number of fused-ring (bicyclic) bond motifs is 3. The molecule has 3 aromatic carbocycles. The highest BCUT2D eigenvalue weighted by Gasteiger charge is 2.52. The Morgan fingerprint density at radius 2 is 1.75 bits per heavy atom. The van der Waals surface area contributed by atoms with Crippen LogP contribution in [0.1, 0.15) is 60.1 Å². The fourth-order valence-corrected chi connectivity index (χ4v) is 6.59. The van der Waals surface area contributed by atoms with Gasteiger partial charge < -0.3 is 19.5 Å². The minimum atomic E-state index is -1.27. The van der Waals surface area contributed by atoms with Gasteiger partial charge in [-0.05, 0) is 54.3 Å². The summed E-state index contributed by atoms with van der Waals surface area (Å²) in [6.45, 7) is 0.533. The van der Waals surface area contributed by atoms with E-state index < -0.39 is 5.54 Å². The first-order valence-electron chi connectivity index (χ1n) is 14.1. The molecule has 1 aromatic heterocycles. The maximum Gasteiger partial charge on any atom is 0.272 e. The summed E-state index contributed by atoms with van der Waals surface area (Å²) >= 11 is 6.36. The van der Waals surface area contributed by atoms with Crippen molar-refractivity contribution >= 4 is 34.3 Å². The van der Waals surface area contributed by atoms with Gasteiger partial charge >= 0.3 is 0 Å². The normalized spacial score (nSPS) is 19.8. The van der Waals surface area contributed by atoms with Gasteiger partial charge in [-0.25, -0.2) is 0 Å². The second-order valence-corrected chi connectivity index (χ2v) is 11.4. The summed E-state index contributed by atoms with van der Waals surface area (Å²) in [7, 11) is 1.63. The van der Waals surface area contributed by atoms with Crippen LogP contribution in [0.3, 0.4) is 0 Å². The lowest BCUT2D eigenvalue weighted by Gasteiger charge is -2.47. The van der Waals surface area contributed by atoms with E-state index in [2.05, 4.69) is 5.32 Å². The average Bonchev–Trinajstić information content (AvgIpc) is 3.13. The molecule has 0 saturated heterocycles. The molecule has 4 aromatic rings. The molecule has 6 rings (SSSR count). The van der Waals surface area contributed by atoms with E-state index in [9.17, 15) is 9.59 Å². The molecular weight excluding hydrogens is 522 g/mol. The Morgan fingerprint density at radius 1 is 0.975 bits per heavy atom. The highest BCUT2D eigenvalue weighted by Crippen LogP contribution is 2.41. The summed E-state index contributed by atoms with van der Waals surface area (Å²) in [5.74, 6) is 0.369. The number of ether oxygens (including phenoxy) is 1. The smallest absolute Gasteiger partial charge is 0.272 e. The number of benzene rings is 3. The molecule has 40 heavy (non-hydrogen) atoms. The first kappa shape index (κ1) is 26.5. The first-order chi connectivity index (χ1) is 19.5. The van der Waals surface area contributed by atoms with E-state index in [-0.39, 0.29) is 30.9 Å². The Morgan fingerprint density at radius 3 is 2.48 bits per heavy atom. The second-order valence-electron chi connectivity index (χ2n) is 10.9. The van der Waals surface area contributed by atoms with Crippen molar-refractivity contribution in [3.63, 3.8) is 0 Å². The molecule has 1 N–H and O–H groups in total. The zero-order chi connectivity index (χ0) is 27.7. The van der Waals surface area contributed by atoms with Crippen molar-refractivity contribution in [2.45, 2.75) is 63.2 Å². The van der Waals surface area contributed by atoms with Gasteiger partial charge in [0, 0.05) is 29.1 Å². The number of aromatic nitrogens is 1. The van der Waals surface area contributed by atoms with Gasteiger partial charge in [-0.2, -0.15) is 0 Å². The predicted molar refractivity (Wildman–Crippen MR) is 158 cm³/mol. The van der Waals surface area contributed by atoms with Crippen molar-refractivity contribution in [3.05, 3.63) is 101 Å². The zero-order valence-corrected chi connectivity index (χ0v) is 23.5. The van der Waals surface area contributed by atoms with Crippen LogP contribution in [0.4, 0.5) is 0 Å². The number of carbonyl (C=O) groups is 2. The zero-order valence-electron chi connectivity index (χ0n) is 22.7. The van der Waals surface area contributed by atoms with Gasteiger partial charge in [-0.15, -0.1) is 0 Å². The predicted octanol–water partition coefficient (Wildman–Crippen LogP) is 6.69. The van der Waals surface area contributed by atoms with Crippen molar-refractivity contribution in [1.29, 1.82) is 0 Å². The third-order valence-corrected chi connectivity index (χ3v) is 8.71. The number of rotatable bonds is 6. The van der Waals surface area contributed by atoms with Crippen LogP contribution in [0.15, 0.2) is 78.9 Å². The van der Waals surface area contributed by atoms with Crippen LogP contribution in [0.5, 0.6) is 5.75 Å². The molecule has 0 unspecified atom stereocenters. The lowest BCUT2D eigenvalue weighted by Crippen LogP contribution is -2.63. The Kier molecular flexibility index (Phi) is 7.28. The number of hydrogen-bond donors (Lipinski definition) is 1. The third-order valence-electron chi connectivity index (χ3n) is 8.47. The number of methoxy groups -OCH3 is 1. The minimum Gasteiger partial charge on any atom is -0.497 e. The molecule has 0 spiro atoms. The number of nitrogens with zero attached hydrogens (tertiary/aromatic N) is 2. The molecule has 0 radical (unpaired) electrons. The van der Waals surface area contributed by atoms with Crippen LogP contribution in [-0.2, 0) is 23.4 Å². The van der Waals surface area contributed by atoms with E-state index in [1.54, 1.807) is 12.0 Å². The maximum atomic E-state index is 14.7. The molecule has 1 fully saturated rings. The standard InChI is InChI=1S/C33H34ClN3O3/c1-40-28-17-16-24-19-30-31(38)37(21-23-10-9-13-26(34)18-23)33(22-36(30)29(24)20-28,25-11-5-4-6-12-25)32(39)35-27-14-7-2-3-8-15-27/h4-6,9-13,16-20,27H,2-3,7-8,14-15,21-22H2,1H3,(H,35,39)/t33-/m0/s1. The Bertz CT molecular complexity index is 1540. The van der Waals surface area contributed by atoms with E-state index >= 15 is 0 Å². The number of halogens is 1. The van der Waals surface area contributed by atoms with Gasteiger partial charge in [0.1, 0.15) is 11.4 Å². The van der Waals surface area contributed by atoms with Crippen molar-refractivity contribution in [2.75, 3.05) is 7.11 Å². The summed E-state index contributed by atoms with van der Waals surface area (Å²) in [5.41, 5.74) is 1.81. The quantitative estimate of drug-likeness (QED) is 0.269. The molecule has 7 heteroatoms. The third kappa shape index (κ3) is 4.75. The van der Waals surface area contributed by atoms with E-state index in [0.717, 1.165) is 47.7 Å². The van der Waals surface area contributed by atoms with Crippen LogP contribution < -0.4 is 10.1 Å². The maximum absolute atomic E-state index is 14.7. The van der Waals surface area contributed by atoms with Crippen molar-refractivity contribution in [3.8, 4) is 5.75 Å². The second kappa shape index (κ2) is 11.0. The molecule has 1 aliphatic carbocycles. The molecule has 0 bridgehead atoms. The molecule has 1 saturated carbocycles. The van der Waals surface area contributed by atoms with Crippen LogP contribution in [0.2, 0.25) is 5.02 Å². The highest BCUT2D eigenvalue weighted by atomic mass is 35.5. The van der Waals surface area contributed by atoms with Gasteiger partial charge in [-0.1, -0.05) is 79.7 Å². The molecule has 2 amide bonds. The van der Waals surface area contributed by atoms with Gasteiger partial charge in [0.25, 0.3) is 11.8 Å². The highest BCUT2D eigenvalue weighted by molar-refractivity contribution is 6.30. The van der Waals surface area contributed by atoms with Crippen LogP contribution in [-0.4, -0.2) is 34.4 Å². The minimum absolute atomic E-state index is 0.0848. The van der Waals surface area contributed by atoms with Crippen LogP contribution >= 0.6 is 11.6 Å². The van der Waals surface area contributed by atoms with Crippen molar-refractivity contribution in [2.24, 2.45) is 0 Å². The Hall–Kier alpha value is -3.77. The summed E-state index contributed by atoms with van der Waals surface area (Å²) < 4.78 is 7.51. The lowest BCUT2D eigenvalue weighted by atomic mass is 9.83. The number of nitrogens with one attached hydrogen (secondary N) is 1. The average molecular weight is 556 g/mol. The lowest BCUT2D eigenvalue weighted by molar-refractivity contribution is -0.136. The molecule has 206 valence electrons. The molecule has 1 atom stereocenters. The first-order valence-corrected chi connectivity index (χ1v) is 14.5. The molecule has 1 aliphatic heterocycles. The van der Waals surface area contributed by atoms with Crippen molar-refractivity contribution < 1.29 is 14.3 Å². The van der Waals surface area contributed by atoms with E-state index in [0.29, 0.717) is 16.5 Å². The van der Waals surface area contributed by atoms with E-state index in [1.807, 2.05) is 83.4 Å². The monoisotopic (exact) mass is 555 g/mol. The summed E-state index contributed by atoms with van der Waals surface area (Å²) in [6.07, 6.45) is 6.48. The largest absolute Gasteiger partial charge is 0.497 e. The Balaban J connectivity index is 1.54. The summed E-state index contributed by atoms with van der Waals surface area (Å²) in [6, 6.07) is 25.0. The van der Waals surface area contributed by atoms with Crippen LogP contribution in [0.25, 0.3) is 10.9 Å².